The van der Waals surface area contributed by atoms with Gasteiger partial charge in [0.05, 0.1) is 119 Å². The standard InChI is InChI=1S/C39H59NO13/c1-2-7-38(41)52-31-30-51-29-28-50-27-26-49-25-24-48-23-22-47-21-20-46-19-18-45-17-16-44-15-14-43-13-12-40-39(42)53-32-37-35-10-5-3-8-33(35)34-9-4-6-11-36(34)37/h3-6,8-11,37H,2,7,12-32H2,1H3,(H,40,42). The number of hydrogen-bond donors (Lipinski definition) is 1. The van der Waals surface area contributed by atoms with E-state index in [2.05, 4.69) is 29.6 Å². The third-order valence-corrected chi connectivity index (χ3v) is 7.78. The Morgan fingerprint density at radius 3 is 1.25 bits per heavy atom. The van der Waals surface area contributed by atoms with Crippen molar-refractivity contribution in [3.63, 3.8) is 0 Å². The van der Waals surface area contributed by atoms with E-state index in [1.807, 2.05) is 31.2 Å². The molecule has 0 atom stereocenters. The number of fused-ring (bicyclic) bond motifs is 3. The number of hydrogen-bond acceptors (Lipinski definition) is 13. The topological polar surface area (TPSA) is 148 Å². The molecule has 1 N–H and O–H groups in total. The number of carbonyl (C=O) groups is 2. The average Bonchev–Trinajstić information content (AvgIpc) is 3.49. The van der Waals surface area contributed by atoms with Gasteiger partial charge >= 0.3 is 12.1 Å². The molecule has 0 spiro atoms. The summed E-state index contributed by atoms with van der Waals surface area (Å²) in [6.45, 7) is 11.1. The molecule has 0 radical (unpaired) electrons. The molecule has 0 saturated carbocycles. The molecule has 1 aliphatic rings. The summed E-state index contributed by atoms with van der Waals surface area (Å²) in [5.41, 5.74) is 4.76. The predicted octanol–water partition coefficient (Wildman–Crippen LogP) is 4.02. The van der Waals surface area contributed by atoms with Crippen molar-refractivity contribution in [3.05, 3.63) is 59.7 Å². The number of nitrogens with one attached hydrogen (secondary N) is 1. The van der Waals surface area contributed by atoms with Gasteiger partial charge in [-0.25, -0.2) is 4.79 Å². The Hall–Kier alpha value is -3.18. The van der Waals surface area contributed by atoms with Crippen LogP contribution in [0.25, 0.3) is 11.1 Å². The van der Waals surface area contributed by atoms with Crippen molar-refractivity contribution >= 4 is 12.1 Å². The van der Waals surface area contributed by atoms with Crippen molar-refractivity contribution in [3.8, 4) is 11.1 Å². The number of ether oxygens (including phenoxy) is 11. The van der Waals surface area contributed by atoms with Crippen LogP contribution in [0, 0.1) is 0 Å². The van der Waals surface area contributed by atoms with Crippen LogP contribution in [-0.4, -0.2) is 151 Å². The second kappa shape index (κ2) is 30.2. The van der Waals surface area contributed by atoms with E-state index in [1.165, 1.54) is 22.3 Å². The van der Waals surface area contributed by atoms with E-state index >= 15 is 0 Å². The van der Waals surface area contributed by atoms with Gasteiger partial charge in [0.2, 0.25) is 0 Å². The molecule has 2 aromatic rings. The van der Waals surface area contributed by atoms with E-state index in [0.29, 0.717) is 132 Å². The van der Waals surface area contributed by atoms with Crippen LogP contribution >= 0.6 is 0 Å². The monoisotopic (exact) mass is 749 g/mol. The minimum Gasteiger partial charge on any atom is -0.463 e. The molecule has 1 amide bonds. The van der Waals surface area contributed by atoms with Crippen molar-refractivity contribution in [1.29, 1.82) is 0 Å². The van der Waals surface area contributed by atoms with Crippen LogP contribution in [0.2, 0.25) is 0 Å². The third kappa shape index (κ3) is 20.2. The van der Waals surface area contributed by atoms with Crippen molar-refractivity contribution in [1.82, 2.24) is 5.32 Å². The molecular weight excluding hydrogens is 690 g/mol. The third-order valence-electron chi connectivity index (χ3n) is 7.78. The summed E-state index contributed by atoms with van der Waals surface area (Å²) in [5, 5.41) is 2.74. The fourth-order valence-electron chi connectivity index (χ4n) is 5.23. The number of carbonyl (C=O) groups excluding carboxylic acids is 2. The highest BCUT2D eigenvalue weighted by Crippen LogP contribution is 2.44. The summed E-state index contributed by atoms with van der Waals surface area (Å²) in [4.78, 5) is 23.4. The van der Waals surface area contributed by atoms with Crippen LogP contribution in [0.15, 0.2) is 48.5 Å². The van der Waals surface area contributed by atoms with Crippen LogP contribution in [0.5, 0.6) is 0 Å². The lowest BCUT2D eigenvalue weighted by atomic mass is 9.98. The van der Waals surface area contributed by atoms with Gasteiger partial charge in [0.1, 0.15) is 13.2 Å². The molecule has 0 heterocycles. The number of amides is 1. The lowest BCUT2D eigenvalue weighted by molar-refractivity contribution is -0.145. The van der Waals surface area contributed by atoms with Gasteiger partial charge in [0.25, 0.3) is 0 Å². The molecule has 0 fully saturated rings. The van der Waals surface area contributed by atoms with Crippen LogP contribution in [0.4, 0.5) is 4.79 Å². The fraction of sp³-hybridized carbons (Fsp3) is 0.641. The number of esters is 1. The Bertz CT molecular complexity index is 1190. The van der Waals surface area contributed by atoms with Gasteiger partial charge in [-0.3, -0.25) is 4.79 Å². The Morgan fingerprint density at radius 1 is 0.491 bits per heavy atom. The van der Waals surface area contributed by atoms with Crippen molar-refractivity contribution in [2.24, 2.45) is 0 Å². The Labute approximate surface area is 313 Å². The molecule has 53 heavy (non-hydrogen) atoms. The fourth-order valence-corrected chi connectivity index (χ4v) is 5.23. The van der Waals surface area contributed by atoms with Gasteiger partial charge in [-0.2, -0.15) is 0 Å². The van der Waals surface area contributed by atoms with Gasteiger partial charge in [0, 0.05) is 18.9 Å². The first-order valence-electron chi connectivity index (χ1n) is 18.6. The summed E-state index contributed by atoms with van der Waals surface area (Å²) < 4.78 is 59.7. The Morgan fingerprint density at radius 2 is 0.849 bits per heavy atom. The molecule has 0 unspecified atom stereocenters. The lowest BCUT2D eigenvalue weighted by Gasteiger charge is -2.14. The zero-order valence-corrected chi connectivity index (χ0v) is 31.3. The van der Waals surface area contributed by atoms with E-state index in [1.54, 1.807) is 0 Å². The van der Waals surface area contributed by atoms with Crippen LogP contribution in [0.3, 0.4) is 0 Å². The zero-order chi connectivity index (χ0) is 37.4. The molecular formula is C39H59NO13. The number of alkyl carbamates (subject to hydrolysis) is 1. The second-order valence-corrected chi connectivity index (χ2v) is 11.7. The molecule has 298 valence electrons. The summed E-state index contributed by atoms with van der Waals surface area (Å²) in [6.07, 6.45) is 0.763. The first-order valence-corrected chi connectivity index (χ1v) is 18.6. The summed E-state index contributed by atoms with van der Waals surface area (Å²) in [5.74, 6) is -0.158. The molecule has 14 heteroatoms. The van der Waals surface area contributed by atoms with E-state index in [-0.39, 0.29) is 25.1 Å². The second-order valence-electron chi connectivity index (χ2n) is 11.7. The Balaban J connectivity index is 0.958. The molecule has 1 aliphatic carbocycles. The van der Waals surface area contributed by atoms with Gasteiger partial charge < -0.3 is 57.4 Å². The molecule has 14 nitrogen and oxygen atoms in total. The number of rotatable bonds is 34. The first-order chi connectivity index (χ1) is 26.2. The van der Waals surface area contributed by atoms with E-state index in [0.717, 1.165) is 6.42 Å². The maximum absolute atomic E-state index is 12.2. The summed E-state index contributed by atoms with van der Waals surface area (Å²) >= 11 is 0. The summed E-state index contributed by atoms with van der Waals surface area (Å²) in [6, 6.07) is 16.5. The Kier molecular flexibility index (Phi) is 25.2. The molecule has 0 bridgehead atoms. The smallest absolute Gasteiger partial charge is 0.407 e. The largest absolute Gasteiger partial charge is 0.463 e. The van der Waals surface area contributed by atoms with E-state index in [9.17, 15) is 9.59 Å². The SMILES string of the molecule is CCCC(=O)OCCOCCOCCOCCOCCOCCOCCOCCOCCOCCNC(=O)OCC1c2ccccc2-c2ccccc21. The maximum Gasteiger partial charge on any atom is 0.407 e. The van der Waals surface area contributed by atoms with Crippen molar-refractivity contribution in [2.75, 3.05) is 139 Å². The predicted molar refractivity (Wildman–Crippen MR) is 196 cm³/mol. The van der Waals surface area contributed by atoms with E-state index in [4.69, 9.17) is 52.1 Å². The molecule has 2 aromatic carbocycles. The van der Waals surface area contributed by atoms with E-state index < -0.39 is 6.09 Å². The van der Waals surface area contributed by atoms with Gasteiger partial charge in [-0.05, 0) is 28.7 Å². The van der Waals surface area contributed by atoms with Crippen molar-refractivity contribution in [2.45, 2.75) is 25.7 Å². The highest BCUT2D eigenvalue weighted by Gasteiger charge is 2.28. The molecule has 0 saturated heterocycles. The van der Waals surface area contributed by atoms with Gasteiger partial charge in [0.15, 0.2) is 0 Å². The summed E-state index contributed by atoms with van der Waals surface area (Å²) in [7, 11) is 0. The minimum atomic E-state index is -0.455. The van der Waals surface area contributed by atoms with Gasteiger partial charge in [-0.1, -0.05) is 55.5 Å². The first kappa shape index (κ1) is 44.2. The van der Waals surface area contributed by atoms with Crippen LogP contribution < -0.4 is 5.32 Å². The maximum atomic E-state index is 12.2. The average molecular weight is 750 g/mol. The highest BCUT2D eigenvalue weighted by molar-refractivity contribution is 5.79. The number of benzene rings is 2. The molecule has 0 aromatic heterocycles. The van der Waals surface area contributed by atoms with Crippen molar-refractivity contribution < 1.29 is 61.7 Å². The quantitative estimate of drug-likeness (QED) is 0.0813. The molecule has 3 rings (SSSR count). The normalized spacial score (nSPS) is 12.1. The highest BCUT2D eigenvalue weighted by atomic mass is 16.6. The molecule has 0 aliphatic heterocycles. The van der Waals surface area contributed by atoms with Crippen LogP contribution in [0.1, 0.15) is 36.8 Å². The lowest BCUT2D eigenvalue weighted by Crippen LogP contribution is -2.29. The van der Waals surface area contributed by atoms with Gasteiger partial charge in [-0.15, -0.1) is 0 Å². The zero-order valence-electron chi connectivity index (χ0n) is 31.3. The minimum absolute atomic E-state index is 0.0347. The van der Waals surface area contributed by atoms with Crippen LogP contribution in [-0.2, 0) is 56.9 Å².